The van der Waals surface area contributed by atoms with Gasteiger partial charge in [-0.05, 0) is 19.4 Å². The Hall–Kier alpha value is -2.31. The first-order chi connectivity index (χ1) is 10.3. The Labute approximate surface area is 125 Å². The van der Waals surface area contributed by atoms with Gasteiger partial charge in [-0.25, -0.2) is 0 Å². The fraction of sp³-hybridized carbons (Fsp3) is 0.333. The topological polar surface area (TPSA) is 57.8 Å². The van der Waals surface area contributed by atoms with Gasteiger partial charge in [-0.3, -0.25) is 9.89 Å². The second kappa shape index (κ2) is 6.21. The molecule has 2 aromatic rings. The smallest absolute Gasteiger partial charge is 0.323 e. The van der Waals surface area contributed by atoms with Crippen molar-refractivity contribution in [1.82, 2.24) is 10.2 Å². The van der Waals surface area contributed by atoms with Crippen molar-refractivity contribution in [3.63, 3.8) is 0 Å². The number of anilines is 1. The fourth-order valence-electron chi connectivity index (χ4n) is 2.22. The largest absolute Gasteiger partial charge is 0.396 e. The summed E-state index contributed by atoms with van der Waals surface area (Å²) in [5.74, 6) is -2.53. The third-order valence-corrected chi connectivity index (χ3v) is 3.38. The van der Waals surface area contributed by atoms with E-state index in [1.54, 1.807) is 19.9 Å². The predicted molar refractivity (Wildman–Crippen MR) is 76.5 cm³/mol. The number of nitrogens with zero attached hydrogens (tertiary/aromatic N) is 1. The van der Waals surface area contributed by atoms with Gasteiger partial charge in [0.05, 0.1) is 23.0 Å². The first-order valence-electron chi connectivity index (χ1n) is 6.72. The molecule has 2 rings (SSSR count). The highest BCUT2D eigenvalue weighted by Gasteiger charge is 2.41. The van der Waals surface area contributed by atoms with Crippen molar-refractivity contribution in [1.29, 1.82) is 0 Å². The zero-order valence-electron chi connectivity index (χ0n) is 12.2. The molecular formula is C15H16F3N3O. The minimum absolute atomic E-state index is 0.0748. The number of H-pyrrole nitrogens is 1. The summed E-state index contributed by atoms with van der Waals surface area (Å²) in [6, 6.07) is 7.43. The number of hydrogen-bond acceptors (Lipinski definition) is 2. The Bertz CT molecular complexity index is 630. The van der Waals surface area contributed by atoms with Gasteiger partial charge in [0.1, 0.15) is 0 Å². The number of aromatic amines is 1. The van der Waals surface area contributed by atoms with Gasteiger partial charge < -0.3 is 5.32 Å². The average Bonchev–Trinajstić information content (AvgIpc) is 2.76. The number of benzene rings is 1. The molecule has 1 aromatic heterocycles. The molecule has 1 aromatic carbocycles. The van der Waals surface area contributed by atoms with E-state index >= 15 is 0 Å². The SMILES string of the molecule is Cc1n[nH]c(C)c1NC(=O)C[C@H](c1ccccc1)C(F)(F)F. The number of carbonyl (C=O) groups excluding carboxylic acids is 1. The Morgan fingerprint density at radius 3 is 2.41 bits per heavy atom. The number of halogens is 3. The van der Waals surface area contributed by atoms with Gasteiger partial charge in [-0.15, -0.1) is 0 Å². The Kier molecular flexibility index (Phi) is 4.54. The summed E-state index contributed by atoms with van der Waals surface area (Å²) in [5, 5.41) is 9.06. The number of aryl methyl sites for hydroxylation is 2. The van der Waals surface area contributed by atoms with Gasteiger partial charge in [0.15, 0.2) is 0 Å². The van der Waals surface area contributed by atoms with E-state index in [-0.39, 0.29) is 5.56 Å². The van der Waals surface area contributed by atoms with Crippen molar-refractivity contribution < 1.29 is 18.0 Å². The summed E-state index contributed by atoms with van der Waals surface area (Å²) in [6.07, 6.45) is -5.16. The van der Waals surface area contributed by atoms with E-state index in [2.05, 4.69) is 15.5 Å². The van der Waals surface area contributed by atoms with E-state index in [0.29, 0.717) is 17.1 Å². The molecule has 0 bridgehead atoms. The van der Waals surface area contributed by atoms with Crippen LogP contribution in [0.4, 0.5) is 18.9 Å². The molecule has 1 atom stereocenters. The highest BCUT2D eigenvalue weighted by molar-refractivity contribution is 5.92. The summed E-state index contributed by atoms with van der Waals surface area (Å²) >= 11 is 0. The molecule has 0 saturated heterocycles. The number of carbonyl (C=O) groups is 1. The van der Waals surface area contributed by atoms with Crippen molar-refractivity contribution in [3.05, 3.63) is 47.3 Å². The Morgan fingerprint density at radius 1 is 1.27 bits per heavy atom. The molecule has 0 saturated carbocycles. The molecule has 0 aliphatic rings. The van der Waals surface area contributed by atoms with Crippen LogP contribution in [-0.2, 0) is 4.79 Å². The van der Waals surface area contributed by atoms with Gasteiger partial charge in [0.25, 0.3) is 0 Å². The Morgan fingerprint density at radius 2 is 1.91 bits per heavy atom. The molecular weight excluding hydrogens is 295 g/mol. The molecule has 1 amide bonds. The molecule has 22 heavy (non-hydrogen) atoms. The van der Waals surface area contributed by atoms with E-state index in [4.69, 9.17) is 0 Å². The summed E-state index contributed by atoms with van der Waals surface area (Å²) < 4.78 is 39.6. The lowest BCUT2D eigenvalue weighted by molar-refractivity contribution is -0.155. The van der Waals surface area contributed by atoms with Crippen LogP contribution in [0.2, 0.25) is 0 Å². The second-order valence-corrected chi connectivity index (χ2v) is 5.07. The molecule has 0 spiro atoms. The van der Waals surface area contributed by atoms with Crippen LogP contribution < -0.4 is 5.32 Å². The summed E-state index contributed by atoms with van der Waals surface area (Å²) in [7, 11) is 0. The van der Waals surface area contributed by atoms with Gasteiger partial charge in [-0.2, -0.15) is 18.3 Å². The standard InChI is InChI=1S/C15H16F3N3O/c1-9-14(10(2)21-20-9)19-13(22)8-12(15(16,17)18)11-6-4-3-5-7-11/h3-7,12H,8H2,1-2H3,(H,19,22)(H,20,21)/t12-/m1/s1. The molecule has 0 radical (unpaired) electrons. The van der Waals surface area contributed by atoms with E-state index in [1.807, 2.05) is 0 Å². The second-order valence-electron chi connectivity index (χ2n) is 5.07. The minimum Gasteiger partial charge on any atom is -0.323 e. The molecule has 7 heteroatoms. The molecule has 1 heterocycles. The molecule has 2 N–H and O–H groups in total. The van der Waals surface area contributed by atoms with Crippen molar-refractivity contribution in [2.24, 2.45) is 0 Å². The number of hydrogen-bond donors (Lipinski definition) is 2. The van der Waals surface area contributed by atoms with E-state index in [0.717, 1.165) is 0 Å². The van der Waals surface area contributed by atoms with Gasteiger partial charge >= 0.3 is 6.18 Å². The molecule has 0 unspecified atom stereocenters. The average molecular weight is 311 g/mol. The monoisotopic (exact) mass is 311 g/mol. The maximum Gasteiger partial charge on any atom is 0.396 e. The zero-order chi connectivity index (χ0) is 16.3. The number of nitrogens with one attached hydrogen (secondary N) is 2. The molecule has 0 aliphatic heterocycles. The maximum atomic E-state index is 13.2. The number of rotatable bonds is 4. The van der Waals surface area contributed by atoms with Crippen LogP contribution in [0.25, 0.3) is 0 Å². The van der Waals surface area contributed by atoms with Gasteiger partial charge in [0, 0.05) is 6.42 Å². The number of alkyl halides is 3. The van der Waals surface area contributed by atoms with Crippen LogP contribution >= 0.6 is 0 Å². The molecule has 4 nitrogen and oxygen atoms in total. The Balaban J connectivity index is 2.16. The van der Waals surface area contributed by atoms with Crippen LogP contribution in [0, 0.1) is 13.8 Å². The van der Waals surface area contributed by atoms with Gasteiger partial charge in [-0.1, -0.05) is 30.3 Å². The minimum atomic E-state index is -4.49. The third kappa shape index (κ3) is 3.66. The lowest BCUT2D eigenvalue weighted by atomic mass is 9.94. The lowest BCUT2D eigenvalue weighted by Gasteiger charge is -2.20. The van der Waals surface area contributed by atoms with Crippen LogP contribution in [0.5, 0.6) is 0 Å². The van der Waals surface area contributed by atoms with Crippen LogP contribution in [0.3, 0.4) is 0 Å². The van der Waals surface area contributed by atoms with E-state index < -0.39 is 24.4 Å². The molecule has 0 aliphatic carbocycles. The fourth-order valence-corrected chi connectivity index (χ4v) is 2.22. The van der Waals surface area contributed by atoms with Gasteiger partial charge in [0.2, 0.25) is 5.91 Å². The highest BCUT2D eigenvalue weighted by Crippen LogP contribution is 2.37. The van der Waals surface area contributed by atoms with Crippen LogP contribution in [0.1, 0.15) is 29.3 Å². The summed E-state index contributed by atoms with van der Waals surface area (Å²) in [4.78, 5) is 12.0. The highest BCUT2D eigenvalue weighted by atomic mass is 19.4. The maximum absolute atomic E-state index is 13.2. The van der Waals surface area contributed by atoms with Crippen molar-refractivity contribution in [3.8, 4) is 0 Å². The first kappa shape index (κ1) is 16.1. The molecule has 0 fully saturated rings. The number of amides is 1. The van der Waals surface area contributed by atoms with Crippen molar-refractivity contribution in [2.75, 3.05) is 5.32 Å². The van der Waals surface area contributed by atoms with E-state index in [1.165, 1.54) is 24.3 Å². The zero-order valence-corrected chi connectivity index (χ0v) is 12.2. The number of aromatic nitrogens is 2. The van der Waals surface area contributed by atoms with Crippen molar-refractivity contribution >= 4 is 11.6 Å². The third-order valence-electron chi connectivity index (χ3n) is 3.38. The van der Waals surface area contributed by atoms with Crippen LogP contribution in [0.15, 0.2) is 30.3 Å². The summed E-state index contributed by atoms with van der Waals surface area (Å²) in [6.45, 7) is 3.35. The van der Waals surface area contributed by atoms with E-state index in [9.17, 15) is 18.0 Å². The summed E-state index contributed by atoms with van der Waals surface area (Å²) in [5.41, 5.74) is 1.65. The lowest BCUT2D eigenvalue weighted by Crippen LogP contribution is -2.26. The van der Waals surface area contributed by atoms with Crippen LogP contribution in [-0.4, -0.2) is 22.3 Å². The quantitative estimate of drug-likeness (QED) is 0.904. The molecule has 118 valence electrons. The van der Waals surface area contributed by atoms with Crippen molar-refractivity contribution in [2.45, 2.75) is 32.4 Å². The first-order valence-corrected chi connectivity index (χ1v) is 6.72. The predicted octanol–water partition coefficient (Wildman–Crippen LogP) is 3.70. The normalized spacial score (nSPS) is 13.0.